The summed E-state index contributed by atoms with van der Waals surface area (Å²) in [6.45, 7) is 0.0820. The molecule has 1 aromatic heterocycles. The quantitative estimate of drug-likeness (QED) is 0.443. The number of carbonyl (C=O) groups is 2. The van der Waals surface area contributed by atoms with Gasteiger partial charge in [-0.15, -0.1) is 0 Å². The van der Waals surface area contributed by atoms with E-state index in [9.17, 15) is 14.8 Å². The Morgan fingerprint density at radius 1 is 1.12 bits per heavy atom. The summed E-state index contributed by atoms with van der Waals surface area (Å²) >= 11 is 0. The molecule has 7 nitrogen and oxygen atoms in total. The van der Waals surface area contributed by atoms with Gasteiger partial charge in [-0.25, -0.2) is 9.59 Å². The van der Waals surface area contributed by atoms with Crippen molar-refractivity contribution in [3.8, 4) is 0 Å². The van der Waals surface area contributed by atoms with Crippen molar-refractivity contribution in [1.29, 1.82) is 0 Å². The first kappa shape index (κ1) is 17.2. The van der Waals surface area contributed by atoms with E-state index < -0.39 is 12.1 Å². The van der Waals surface area contributed by atoms with Gasteiger partial charge in [0.25, 0.3) is 0 Å². The van der Waals surface area contributed by atoms with Gasteiger partial charge in [0.1, 0.15) is 12.3 Å². The molecule has 0 fully saturated rings. The van der Waals surface area contributed by atoms with E-state index in [-0.39, 0.29) is 23.4 Å². The summed E-state index contributed by atoms with van der Waals surface area (Å²) in [5, 5.41) is 15.1. The van der Waals surface area contributed by atoms with Crippen LogP contribution in [0.3, 0.4) is 0 Å². The van der Waals surface area contributed by atoms with Crippen molar-refractivity contribution in [2.75, 3.05) is 12.4 Å². The first-order valence-corrected chi connectivity index (χ1v) is 7.80. The zero-order chi connectivity index (χ0) is 18.5. The van der Waals surface area contributed by atoms with E-state index in [2.05, 4.69) is 5.32 Å². The second-order valence-electron chi connectivity index (χ2n) is 5.47. The van der Waals surface area contributed by atoms with Gasteiger partial charge in [0.15, 0.2) is 6.20 Å². The summed E-state index contributed by atoms with van der Waals surface area (Å²) < 4.78 is 10.5. The maximum atomic E-state index is 12.1. The lowest BCUT2D eigenvalue weighted by Crippen LogP contribution is -2.28. The Hall–Kier alpha value is -3.61. The van der Waals surface area contributed by atoms with Crippen LogP contribution in [0.15, 0.2) is 60.8 Å². The second kappa shape index (κ2) is 7.52. The molecule has 26 heavy (non-hydrogen) atoms. The number of ether oxygens (including phenoxy) is 2. The minimum atomic E-state index is -0.735. The Morgan fingerprint density at radius 2 is 1.88 bits per heavy atom. The first-order chi connectivity index (χ1) is 12.6. The normalized spacial score (nSPS) is 10.3. The number of esters is 1. The van der Waals surface area contributed by atoms with Crippen molar-refractivity contribution >= 4 is 28.7 Å². The SMILES string of the molecule is COC(=O)c1cc(NC(=O)OCc2ccccc2)c2c(ccc[n+]2[O-])c1. The van der Waals surface area contributed by atoms with Gasteiger partial charge in [-0.3, -0.25) is 5.32 Å². The van der Waals surface area contributed by atoms with Gasteiger partial charge in [0.05, 0.1) is 18.1 Å². The van der Waals surface area contributed by atoms with Crippen molar-refractivity contribution in [3.63, 3.8) is 0 Å². The molecular formula is C19H16N2O5. The van der Waals surface area contributed by atoms with Gasteiger partial charge >= 0.3 is 12.1 Å². The zero-order valence-corrected chi connectivity index (χ0v) is 14.0. The molecule has 0 radical (unpaired) electrons. The number of carbonyl (C=O) groups excluding carboxylic acids is 2. The molecule has 0 saturated heterocycles. The van der Waals surface area contributed by atoms with E-state index in [1.54, 1.807) is 12.1 Å². The number of aromatic nitrogens is 1. The van der Waals surface area contributed by atoms with Crippen molar-refractivity contribution in [2.24, 2.45) is 0 Å². The molecule has 0 aliphatic heterocycles. The van der Waals surface area contributed by atoms with Gasteiger partial charge in [-0.2, -0.15) is 4.73 Å². The van der Waals surface area contributed by atoms with Gasteiger partial charge in [-0.05, 0) is 23.8 Å². The lowest BCUT2D eigenvalue weighted by atomic mass is 10.1. The van der Waals surface area contributed by atoms with E-state index in [1.165, 1.54) is 25.4 Å². The first-order valence-electron chi connectivity index (χ1n) is 7.80. The summed E-state index contributed by atoms with van der Waals surface area (Å²) in [5.41, 5.74) is 1.42. The fourth-order valence-electron chi connectivity index (χ4n) is 2.53. The molecule has 0 saturated carbocycles. The van der Waals surface area contributed by atoms with Crippen molar-refractivity contribution in [1.82, 2.24) is 0 Å². The largest absolute Gasteiger partial charge is 0.618 e. The Kier molecular flexibility index (Phi) is 4.98. The number of methoxy groups -OCH3 is 1. The molecule has 7 heteroatoms. The predicted molar refractivity (Wildman–Crippen MR) is 94.5 cm³/mol. The van der Waals surface area contributed by atoms with Crippen LogP contribution in [0.25, 0.3) is 10.9 Å². The summed E-state index contributed by atoms with van der Waals surface area (Å²) in [4.78, 5) is 24.0. The van der Waals surface area contributed by atoms with E-state index in [0.717, 1.165) is 5.56 Å². The van der Waals surface area contributed by atoms with Crippen LogP contribution < -0.4 is 10.0 Å². The summed E-state index contributed by atoms with van der Waals surface area (Å²) in [6.07, 6.45) is 0.571. The molecule has 1 amide bonds. The van der Waals surface area contributed by atoms with Crippen LogP contribution in [0.4, 0.5) is 10.5 Å². The number of benzene rings is 2. The number of hydrogen-bond acceptors (Lipinski definition) is 5. The third-order valence-electron chi connectivity index (χ3n) is 3.73. The lowest BCUT2D eigenvalue weighted by Gasteiger charge is -2.11. The highest BCUT2D eigenvalue weighted by Gasteiger charge is 2.18. The number of amides is 1. The minimum absolute atomic E-state index is 0.0820. The molecule has 0 atom stereocenters. The maximum Gasteiger partial charge on any atom is 0.412 e. The van der Waals surface area contributed by atoms with E-state index >= 15 is 0 Å². The molecule has 3 rings (SSSR count). The third-order valence-corrected chi connectivity index (χ3v) is 3.73. The Bertz CT molecular complexity index is 957. The number of hydrogen-bond donors (Lipinski definition) is 1. The Labute approximate surface area is 149 Å². The molecule has 0 spiro atoms. The van der Waals surface area contributed by atoms with Crippen molar-refractivity contribution in [2.45, 2.75) is 6.61 Å². The summed E-state index contributed by atoms with van der Waals surface area (Å²) in [6, 6.07) is 15.3. The standard InChI is InChI=1S/C19H16N2O5/c1-25-18(22)15-10-14-8-5-9-21(24)17(14)16(11-15)20-19(23)26-12-13-6-3-2-4-7-13/h2-11H,12H2,1H3,(H,20,23). The molecule has 1 heterocycles. The van der Waals surface area contributed by atoms with E-state index in [1.807, 2.05) is 30.3 Å². The van der Waals surface area contributed by atoms with E-state index in [0.29, 0.717) is 10.1 Å². The van der Waals surface area contributed by atoms with E-state index in [4.69, 9.17) is 9.47 Å². The number of pyridine rings is 1. The van der Waals surface area contributed by atoms with Gasteiger partial charge in [0, 0.05) is 6.07 Å². The number of nitrogens with one attached hydrogen (secondary N) is 1. The van der Waals surface area contributed by atoms with Crippen LogP contribution in [0.5, 0.6) is 0 Å². The summed E-state index contributed by atoms with van der Waals surface area (Å²) in [7, 11) is 1.26. The fourth-order valence-corrected chi connectivity index (χ4v) is 2.53. The smallest absolute Gasteiger partial charge is 0.412 e. The van der Waals surface area contributed by atoms with Crippen molar-refractivity contribution in [3.05, 3.63) is 77.1 Å². The highest BCUT2D eigenvalue weighted by Crippen LogP contribution is 2.23. The topological polar surface area (TPSA) is 91.6 Å². The molecule has 0 aliphatic carbocycles. The zero-order valence-electron chi connectivity index (χ0n) is 14.0. The molecule has 0 aliphatic rings. The monoisotopic (exact) mass is 352 g/mol. The third kappa shape index (κ3) is 3.72. The maximum absolute atomic E-state index is 12.1. The molecule has 2 aromatic carbocycles. The van der Waals surface area contributed by atoms with Gasteiger partial charge in [0.2, 0.25) is 5.52 Å². The average molecular weight is 352 g/mol. The van der Waals surface area contributed by atoms with Gasteiger partial charge in [-0.1, -0.05) is 30.3 Å². The van der Waals surface area contributed by atoms with Crippen LogP contribution in [0, 0.1) is 5.21 Å². The fraction of sp³-hybridized carbons (Fsp3) is 0.105. The molecule has 0 bridgehead atoms. The highest BCUT2D eigenvalue weighted by atomic mass is 16.5. The Balaban J connectivity index is 1.87. The molecule has 0 unspecified atom stereocenters. The van der Waals surface area contributed by atoms with Crippen molar-refractivity contribution < 1.29 is 23.8 Å². The van der Waals surface area contributed by atoms with Crippen LogP contribution in [0.2, 0.25) is 0 Å². The van der Waals surface area contributed by atoms with Gasteiger partial charge < -0.3 is 14.7 Å². The number of nitrogens with zero attached hydrogens (tertiary/aromatic N) is 1. The second-order valence-corrected chi connectivity index (χ2v) is 5.47. The van der Waals surface area contributed by atoms with Crippen LogP contribution in [-0.2, 0) is 16.1 Å². The van der Waals surface area contributed by atoms with Crippen LogP contribution in [-0.4, -0.2) is 19.2 Å². The number of fused-ring (bicyclic) bond motifs is 1. The minimum Gasteiger partial charge on any atom is -0.618 e. The number of rotatable bonds is 4. The average Bonchev–Trinajstić information content (AvgIpc) is 2.66. The van der Waals surface area contributed by atoms with Crippen LogP contribution >= 0.6 is 0 Å². The lowest BCUT2D eigenvalue weighted by molar-refractivity contribution is -0.576. The predicted octanol–water partition coefficient (Wildman–Crippen LogP) is 3.01. The molecule has 132 valence electrons. The van der Waals surface area contributed by atoms with Crippen LogP contribution in [0.1, 0.15) is 15.9 Å². The molecule has 3 aromatic rings. The number of anilines is 1. The molecular weight excluding hydrogens is 336 g/mol. The Morgan fingerprint density at radius 3 is 2.62 bits per heavy atom. The molecule has 1 N–H and O–H groups in total. The summed E-state index contributed by atoms with van der Waals surface area (Å²) in [5.74, 6) is -0.575. The highest BCUT2D eigenvalue weighted by molar-refractivity contribution is 6.02.